The van der Waals surface area contributed by atoms with Crippen LogP contribution in [0.5, 0.6) is 0 Å². The molecule has 2 aromatic rings. The minimum absolute atomic E-state index is 0.0489. The Kier molecular flexibility index (Phi) is 6.62. The van der Waals surface area contributed by atoms with Gasteiger partial charge >= 0.3 is 0 Å². The molecule has 1 heterocycles. The second-order valence-corrected chi connectivity index (χ2v) is 8.32. The molecule has 0 spiro atoms. The zero-order valence-corrected chi connectivity index (χ0v) is 17.3. The average molecular weight is 421 g/mol. The van der Waals surface area contributed by atoms with Crippen molar-refractivity contribution in [1.82, 2.24) is 9.80 Å². The molecule has 0 aromatic heterocycles. The molecule has 0 N–H and O–H groups in total. The van der Waals surface area contributed by atoms with Crippen LogP contribution < -0.4 is 0 Å². The van der Waals surface area contributed by atoms with Crippen molar-refractivity contribution >= 4 is 35.2 Å². The SMILES string of the molecule is CC(C)N(CCN1C(=O)CSC1c1ccccc1F)C(=O)c1ccccc1Cl. The topological polar surface area (TPSA) is 40.6 Å². The van der Waals surface area contributed by atoms with Crippen LogP contribution in [0.2, 0.25) is 5.02 Å². The maximum atomic E-state index is 14.2. The number of carbonyl (C=O) groups excluding carboxylic acids is 2. The number of hydrogen-bond donors (Lipinski definition) is 0. The van der Waals surface area contributed by atoms with Gasteiger partial charge in [-0.05, 0) is 32.0 Å². The Morgan fingerprint density at radius 3 is 2.61 bits per heavy atom. The highest BCUT2D eigenvalue weighted by molar-refractivity contribution is 8.00. The Balaban J connectivity index is 1.77. The van der Waals surface area contributed by atoms with E-state index in [2.05, 4.69) is 0 Å². The maximum Gasteiger partial charge on any atom is 0.255 e. The van der Waals surface area contributed by atoms with Crippen molar-refractivity contribution in [3.63, 3.8) is 0 Å². The van der Waals surface area contributed by atoms with Gasteiger partial charge in [0.25, 0.3) is 5.91 Å². The van der Waals surface area contributed by atoms with Gasteiger partial charge in [0, 0.05) is 24.7 Å². The van der Waals surface area contributed by atoms with E-state index in [0.717, 1.165) is 0 Å². The Hall–Kier alpha value is -2.05. The molecule has 1 aliphatic rings. The van der Waals surface area contributed by atoms with Crippen LogP contribution in [-0.4, -0.2) is 46.5 Å². The average Bonchev–Trinajstić information content (AvgIpc) is 3.03. The third kappa shape index (κ3) is 4.33. The lowest BCUT2D eigenvalue weighted by Crippen LogP contribution is -2.43. The van der Waals surface area contributed by atoms with Crippen LogP contribution in [-0.2, 0) is 4.79 Å². The first-order chi connectivity index (χ1) is 13.4. The Labute approximate surface area is 173 Å². The molecule has 1 saturated heterocycles. The summed E-state index contributed by atoms with van der Waals surface area (Å²) in [6.07, 6.45) is 0. The fourth-order valence-corrected chi connectivity index (χ4v) is 4.68. The van der Waals surface area contributed by atoms with E-state index in [9.17, 15) is 14.0 Å². The highest BCUT2D eigenvalue weighted by atomic mass is 35.5. The van der Waals surface area contributed by atoms with E-state index in [1.54, 1.807) is 52.3 Å². The summed E-state index contributed by atoms with van der Waals surface area (Å²) in [4.78, 5) is 28.7. The van der Waals surface area contributed by atoms with E-state index in [1.807, 2.05) is 13.8 Å². The molecular weight excluding hydrogens is 399 g/mol. The highest BCUT2D eigenvalue weighted by Gasteiger charge is 2.35. The summed E-state index contributed by atoms with van der Waals surface area (Å²) in [6, 6.07) is 13.4. The predicted octanol–water partition coefficient (Wildman–Crippen LogP) is 4.60. The lowest BCUT2D eigenvalue weighted by atomic mass is 10.1. The van der Waals surface area contributed by atoms with Gasteiger partial charge in [-0.3, -0.25) is 9.59 Å². The Morgan fingerprint density at radius 2 is 1.93 bits per heavy atom. The molecule has 2 amide bonds. The molecule has 148 valence electrons. The summed E-state index contributed by atoms with van der Waals surface area (Å²) >= 11 is 7.59. The molecule has 2 aromatic carbocycles. The van der Waals surface area contributed by atoms with Gasteiger partial charge in [0.1, 0.15) is 11.2 Å². The first-order valence-corrected chi connectivity index (χ1v) is 10.5. The first kappa shape index (κ1) is 20.7. The van der Waals surface area contributed by atoms with Crippen molar-refractivity contribution in [2.24, 2.45) is 0 Å². The molecular formula is C21H22ClFN2O2S. The Morgan fingerprint density at radius 1 is 1.25 bits per heavy atom. The van der Waals surface area contributed by atoms with E-state index >= 15 is 0 Å². The van der Waals surface area contributed by atoms with Crippen LogP contribution in [0, 0.1) is 5.82 Å². The normalized spacial score (nSPS) is 16.7. The van der Waals surface area contributed by atoms with Gasteiger partial charge in [0.05, 0.1) is 16.3 Å². The zero-order valence-electron chi connectivity index (χ0n) is 15.8. The second-order valence-electron chi connectivity index (χ2n) is 6.84. The van der Waals surface area contributed by atoms with Gasteiger partial charge in [-0.1, -0.05) is 41.9 Å². The summed E-state index contributed by atoms with van der Waals surface area (Å²) < 4.78 is 14.2. The van der Waals surface area contributed by atoms with Crippen molar-refractivity contribution in [2.45, 2.75) is 25.3 Å². The molecule has 1 aliphatic heterocycles. The van der Waals surface area contributed by atoms with E-state index in [0.29, 0.717) is 35.0 Å². The van der Waals surface area contributed by atoms with Crippen molar-refractivity contribution in [3.05, 3.63) is 70.5 Å². The highest BCUT2D eigenvalue weighted by Crippen LogP contribution is 2.39. The van der Waals surface area contributed by atoms with Crippen LogP contribution in [0.15, 0.2) is 48.5 Å². The standard InChI is InChI=1S/C21H22ClFN2O2S/c1-14(2)24(20(27)15-7-3-5-9-17(15)22)11-12-25-19(26)13-28-21(25)16-8-4-6-10-18(16)23/h3-10,14,21H,11-13H2,1-2H3. The molecule has 4 nitrogen and oxygen atoms in total. The van der Waals surface area contributed by atoms with E-state index in [-0.39, 0.29) is 29.0 Å². The summed E-state index contributed by atoms with van der Waals surface area (Å²) in [5, 5.41) is 0.0216. The molecule has 0 bridgehead atoms. The molecule has 3 rings (SSSR count). The van der Waals surface area contributed by atoms with Gasteiger partial charge in [-0.2, -0.15) is 0 Å². The lowest BCUT2D eigenvalue weighted by Gasteiger charge is -2.31. The lowest BCUT2D eigenvalue weighted by molar-refractivity contribution is -0.128. The summed E-state index contributed by atoms with van der Waals surface area (Å²) in [7, 11) is 0. The number of hydrogen-bond acceptors (Lipinski definition) is 3. The minimum Gasteiger partial charge on any atom is -0.334 e. The molecule has 1 atom stereocenters. The van der Waals surface area contributed by atoms with Crippen LogP contribution in [0.4, 0.5) is 4.39 Å². The maximum absolute atomic E-state index is 14.2. The second kappa shape index (κ2) is 8.97. The van der Waals surface area contributed by atoms with Crippen LogP contribution in [0.25, 0.3) is 0 Å². The van der Waals surface area contributed by atoms with E-state index in [1.165, 1.54) is 17.8 Å². The van der Waals surface area contributed by atoms with Gasteiger partial charge in [0.15, 0.2) is 0 Å². The fourth-order valence-electron chi connectivity index (χ4n) is 3.23. The quantitative estimate of drug-likeness (QED) is 0.685. The number of halogens is 2. The van der Waals surface area contributed by atoms with Crippen molar-refractivity contribution in [3.8, 4) is 0 Å². The van der Waals surface area contributed by atoms with Crippen LogP contribution >= 0.6 is 23.4 Å². The van der Waals surface area contributed by atoms with Crippen molar-refractivity contribution in [1.29, 1.82) is 0 Å². The van der Waals surface area contributed by atoms with E-state index < -0.39 is 0 Å². The number of nitrogens with zero attached hydrogens (tertiary/aromatic N) is 2. The van der Waals surface area contributed by atoms with Crippen molar-refractivity contribution in [2.75, 3.05) is 18.8 Å². The van der Waals surface area contributed by atoms with E-state index in [4.69, 9.17) is 11.6 Å². The molecule has 0 radical (unpaired) electrons. The number of thioether (sulfide) groups is 1. The molecule has 7 heteroatoms. The molecule has 28 heavy (non-hydrogen) atoms. The van der Waals surface area contributed by atoms with Crippen molar-refractivity contribution < 1.29 is 14.0 Å². The fraction of sp³-hybridized carbons (Fsp3) is 0.333. The minimum atomic E-state index is -0.377. The largest absolute Gasteiger partial charge is 0.334 e. The number of amides is 2. The third-order valence-electron chi connectivity index (χ3n) is 4.71. The van der Waals surface area contributed by atoms with Gasteiger partial charge in [-0.15, -0.1) is 11.8 Å². The van der Waals surface area contributed by atoms with Crippen LogP contribution in [0.1, 0.15) is 35.1 Å². The Bertz CT molecular complexity index is 875. The zero-order chi connectivity index (χ0) is 20.3. The first-order valence-electron chi connectivity index (χ1n) is 9.11. The van der Waals surface area contributed by atoms with Gasteiger partial charge in [-0.25, -0.2) is 4.39 Å². The molecule has 0 saturated carbocycles. The molecule has 1 unspecified atom stereocenters. The number of benzene rings is 2. The van der Waals surface area contributed by atoms with Crippen LogP contribution in [0.3, 0.4) is 0 Å². The monoisotopic (exact) mass is 420 g/mol. The van der Waals surface area contributed by atoms with Gasteiger partial charge < -0.3 is 9.80 Å². The predicted molar refractivity (Wildman–Crippen MR) is 111 cm³/mol. The number of carbonyl (C=O) groups is 2. The molecule has 0 aliphatic carbocycles. The molecule has 1 fully saturated rings. The smallest absolute Gasteiger partial charge is 0.255 e. The summed E-state index contributed by atoms with van der Waals surface area (Å²) in [6.45, 7) is 4.52. The summed E-state index contributed by atoms with van der Waals surface area (Å²) in [5.41, 5.74) is 0.928. The number of rotatable bonds is 6. The third-order valence-corrected chi connectivity index (χ3v) is 6.28. The summed E-state index contributed by atoms with van der Waals surface area (Å²) in [5.74, 6) is -0.249. The van der Waals surface area contributed by atoms with Gasteiger partial charge in [0.2, 0.25) is 5.91 Å².